The van der Waals surface area contributed by atoms with Crippen molar-refractivity contribution < 1.29 is 4.74 Å². The quantitative estimate of drug-likeness (QED) is 0.776. The Morgan fingerprint density at radius 2 is 2.29 bits per heavy atom. The average Bonchev–Trinajstić information content (AvgIpc) is 2.42. The van der Waals surface area contributed by atoms with Gasteiger partial charge in [0.15, 0.2) is 0 Å². The summed E-state index contributed by atoms with van der Waals surface area (Å²) in [5.74, 6) is 0.973. The second kappa shape index (κ2) is 4.36. The molecule has 0 atom stereocenters. The highest BCUT2D eigenvalue weighted by Gasteiger charge is 2.07. The Kier molecular flexibility index (Phi) is 2.92. The van der Waals surface area contributed by atoms with Crippen molar-refractivity contribution in [1.29, 1.82) is 0 Å². The van der Waals surface area contributed by atoms with Crippen molar-refractivity contribution in [2.75, 3.05) is 18.5 Å². The molecule has 0 amide bonds. The van der Waals surface area contributed by atoms with Crippen molar-refractivity contribution in [3.63, 3.8) is 0 Å². The second-order valence-electron chi connectivity index (χ2n) is 3.64. The Hall–Kier alpha value is -1.18. The summed E-state index contributed by atoms with van der Waals surface area (Å²) < 4.78 is 5.47. The molecule has 1 heterocycles. The minimum absolute atomic E-state index is 0.735. The predicted octanol–water partition coefficient (Wildman–Crippen LogP) is 2.83. The highest BCUT2D eigenvalue weighted by molar-refractivity contribution is 5.55. The van der Waals surface area contributed by atoms with Gasteiger partial charge in [-0.05, 0) is 37.8 Å². The molecule has 0 saturated heterocycles. The number of fused-ring (bicyclic) bond motifs is 1. The number of hydrogen-bond acceptors (Lipinski definition) is 2. The topological polar surface area (TPSA) is 21.3 Å². The summed E-state index contributed by atoms with van der Waals surface area (Å²) in [4.78, 5) is 0. The van der Waals surface area contributed by atoms with Gasteiger partial charge in [-0.1, -0.05) is 6.07 Å². The summed E-state index contributed by atoms with van der Waals surface area (Å²) in [7, 11) is 0. The van der Waals surface area contributed by atoms with Crippen LogP contribution in [0.15, 0.2) is 18.2 Å². The Morgan fingerprint density at radius 3 is 3.14 bits per heavy atom. The van der Waals surface area contributed by atoms with Gasteiger partial charge in [-0.15, -0.1) is 0 Å². The number of rotatable bonds is 2. The lowest BCUT2D eigenvalue weighted by atomic mass is 10.1. The van der Waals surface area contributed by atoms with Crippen molar-refractivity contribution >= 4 is 5.69 Å². The number of anilines is 1. The van der Waals surface area contributed by atoms with Gasteiger partial charge >= 0.3 is 0 Å². The first kappa shape index (κ1) is 9.38. The summed E-state index contributed by atoms with van der Waals surface area (Å²) in [6, 6.07) is 6.36. The van der Waals surface area contributed by atoms with Crippen molar-refractivity contribution in [2.24, 2.45) is 0 Å². The highest BCUT2D eigenvalue weighted by atomic mass is 16.5. The normalized spacial score (nSPS) is 15.2. The molecule has 1 N–H and O–H groups in total. The largest absolute Gasteiger partial charge is 0.494 e. The molecule has 1 aliphatic rings. The maximum atomic E-state index is 5.47. The second-order valence-corrected chi connectivity index (χ2v) is 3.64. The molecule has 0 fully saturated rings. The Morgan fingerprint density at radius 1 is 1.36 bits per heavy atom. The predicted molar refractivity (Wildman–Crippen MR) is 59.0 cm³/mol. The van der Waals surface area contributed by atoms with Gasteiger partial charge < -0.3 is 10.1 Å². The molecule has 1 aromatic carbocycles. The fourth-order valence-electron chi connectivity index (χ4n) is 1.86. The first-order chi connectivity index (χ1) is 6.90. The van der Waals surface area contributed by atoms with Crippen LogP contribution in [0.3, 0.4) is 0 Å². The Balaban J connectivity index is 2.23. The minimum atomic E-state index is 0.735. The first-order valence-corrected chi connectivity index (χ1v) is 5.40. The molecule has 1 aromatic rings. The molecular formula is C12H17NO. The smallest absolute Gasteiger partial charge is 0.121 e. The number of benzene rings is 1. The fourth-order valence-corrected chi connectivity index (χ4v) is 1.86. The van der Waals surface area contributed by atoms with Crippen LogP contribution >= 0.6 is 0 Å². The van der Waals surface area contributed by atoms with Gasteiger partial charge in [-0.2, -0.15) is 0 Å². The monoisotopic (exact) mass is 191 g/mol. The summed E-state index contributed by atoms with van der Waals surface area (Å²) in [5, 5.41) is 3.44. The van der Waals surface area contributed by atoms with E-state index in [1.807, 2.05) is 6.92 Å². The van der Waals surface area contributed by atoms with E-state index in [0.29, 0.717) is 0 Å². The molecule has 0 unspecified atom stereocenters. The molecule has 2 heteroatoms. The number of ether oxygens (including phenoxy) is 1. The van der Waals surface area contributed by atoms with Crippen LogP contribution < -0.4 is 10.1 Å². The van der Waals surface area contributed by atoms with E-state index in [2.05, 4.69) is 23.5 Å². The standard InChI is InChI=1S/C12H17NO/c1-2-14-11-7-6-10-5-3-4-8-13-12(10)9-11/h6-7,9,13H,2-5,8H2,1H3. The lowest BCUT2D eigenvalue weighted by Gasteiger charge is -2.10. The molecule has 0 radical (unpaired) electrons. The third-order valence-electron chi connectivity index (χ3n) is 2.58. The van der Waals surface area contributed by atoms with Crippen molar-refractivity contribution in [3.05, 3.63) is 23.8 Å². The lowest BCUT2D eigenvalue weighted by Crippen LogP contribution is -2.00. The number of hydrogen-bond donors (Lipinski definition) is 1. The van der Waals surface area contributed by atoms with Crippen LogP contribution in [0, 0.1) is 0 Å². The third kappa shape index (κ3) is 2.00. The summed E-state index contributed by atoms with van der Waals surface area (Å²) in [6.45, 7) is 3.83. The highest BCUT2D eigenvalue weighted by Crippen LogP contribution is 2.26. The zero-order chi connectivity index (χ0) is 9.80. The summed E-state index contributed by atoms with van der Waals surface area (Å²) in [5.41, 5.74) is 2.68. The van der Waals surface area contributed by atoms with E-state index < -0.39 is 0 Å². The SMILES string of the molecule is CCOc1ccc2c(c1)NCCCC2. The minimum Gasteiger partial charge on any atom is -0.494 e. The molecule has 0 bridgehead atoms. The van der Waals surface area contributed by atoms with E-state index in [-0.39, 0.29) is 0 Å². The molecule has 14 heavy (non-hydrogen) atoms. The molecular weight excluding hydrogens is 174 g/mol. The molecule has 2 rings (SSSR count). The van der Waals surface area contributed by atoms with E-state index in [9.17, 15) is 0 Å². The van der Waals surface area contributed by atoms with Crippen LogP contribution in [0.2, 0.25) is 0 Å². The zero-order valence-electron chi connectivity index (χ0n) is 8.68. The lowest BCUT2D eigenvalue weighted by molar-refractivity contribution is 0.340. The molecule has 0 spiro atoms. The van der Waals surface area contributed by atoms with Gasteiger partial charge in [0.05, 0.1) is 6.61 Å². The van der Waals surface area contributed by atoms with Gasteiger partial charge in [0.1, 0.15) is 5.75 Å². The van der Waals surface area contributed by atoms with E-state index in [1.54, 1.807) is 0 Å². The number of nitrogens with one attached hydrogen (secondary N) is 1. The molecule has 2 nitrogen and oxygen atoms in total. The third-order valence-corrected chi connectivity index (χ3v) is 2.58. The summed E-state index contributed by atoms with van der Waals surface area (Å²) in [6.07, 6.45) is 3.74. The Bertz CT molecular complexity index is 309. The number of aryl methyl sites for hydroxylation is 1. The van der Waals surface area contributed by atoms with E-state index in [4.69, 9.17) is 4.74 Å². The zero-order valence-corrected chi connectivity index (χ0v) is 8.68. The molecule has 1 aliphatic heterocycles. The fraction of sp³-hybridized carbons (Fsp3) is 0.500. The van der Waals surface area contributed by atoms with Gasteiger partial charge in [0.25, 0.3) is 0 Å². The molecule has 0 saturated carbocycles. The average molecular weight is 191 g/mol. The maximum absolute atomic E-state index is 5.47. The first-order valence-electron chi connectivity index (χ1n) is 5.40. The van der Waals surface area contributed by atoms with E-state index >= 15 is 0 Å². The molecule has 0 aromatic heterocycles. The Labute approximate surface area is 85.3 Å². The maximum Gasteiger partial charge on any atom is 0.121 e. The van der Waals surface area contributed by atoms with Crippen molar-refractivity contribution in [2.45, 2.75) is 26.2 Å². The van der Waals surface area contributed by atoms with Crippen LogP contribution in [0.5, 0.6) is 5.75 Å². The van der Waals surface area contributed by atoms with Gasteiger partial charge in [-0.25, -0.2) is 0 Å². The van der Waals surface area contributed by atoms with Gasteiger partial charge in [0, 0.05) is 18.3 Å². The van der Waals surface area contributed by atoms with Gasteiger partial charge in [-0.3, -0.25) is 0 Å². The van der Waals surface area contributed by atoms with Crippen LogP contribution in [-0.4, -0.2) is 13.2 Å². The van der Waals surface area contributed by atoms with E-state index in [0.717, 1.165) is 18.9 Å². The summed E-state index contributed by atoms with van der Waals surface area (Å²) >= 11 is 0. The van der Waals surface area contributed by atoms with Gasteiger partial charge in [0.2, 0.25) is 0 Å². The van der Waals surface area contributed by atoms with Crippen LogP contribution in [0.25, 0.3) is 0 Å². The van der Waals surface area contributed by atoms with Crippen LogP contribution in [0.4, 0.5) is 5.69 Å². The van der Waals surface area contributed by atoms with Crippen molar-refractivity contribution in [3.8, 4) is 5.75 Å². The molecule has 0 aliphatic carbocycles. The molecule has 76 valence electrons. The van der Waals surface area contributed by atoms with Crippen molar-refractivity contribution in [1.82, 2.24) is 0 Å². The van der Waals surface area contributed by atoms with Crippen LogP contribution in [0.1, 0.15) is 25.3 Å². The van der Waals surface area contributed by atoms with E-state index in [1.165, 1.54) is 30.5 Å². The van der Waals surface area contributed by atoms with Crippen LogP contribution in [-0.2, 0) is 6.42 Å².